The van der Waals surface area contributed by atoms with E-state index in [1.807, 2.05) is 0 Å². The summed E-state index contributed by atoms with van der Waals surface area (Å²) in [6.45, 7) is 15.8. The van der Waals surface area contributed by atoms with Gasteiger partial charge in [0.25, 0.3) is 6.71 Å². The first kappa shape index (κ1) is 19.3. The van der Waals surface area contributed by atoms with Gasteiger partial charge in [0.05, 0.1) is 0 Å². The summed E-state index contributed by atoms with van der Waals surface area (Å²) in [4.78, 5) is 0. The fraction of sp³-hybridized carbons (Fsp3) is 0.333. The molecular weight excluding hydrogens is 367 g/mol. The number of benzene rings is 3. The van der Waals surface area contributed by atoms with E-state index in [0.29, 0.717) is 0 Å². The first-order chi connectivity index (χ1) is 14.0. The van der Waals surface area contributed by atoms with Crippen molar-refractivity contribution < 1.29 is 9.47 Å². The van der Waals surface area contributed by atoms with Crippen molar-refractivity contribution in [1.29, 1.82) is 0 Å². The minimum atomic E-state index is 0.0761. The second kappa shape index (κ2) is 6.17. The second-order valence-electron chi connectivity index (χ2n) is 10.8. The van der Waals surface area contributed by atoms with Crippen LogP contribution in [0.4, 0.5) is 0 Å². The van der Waals surface area contributed by atoms with Gasteiger partial charge in [-0.05, 0) is 69.6 Å². The zero-order valence-electron chi connectivity index (χ0n) is 19.0. The number of rotatable bonds is 0. The summed E-state index contributed by atoms with van der Waals surface area (Å²) in [5, 5.41) is 0. The number of hydrogen-bond acceptors (Lipinski definition) is 2. The van der Waals surface area contributed by atoms with E-state index in [1.165, 1.54) is 22.1 Å². The Morgan fingerprint density at radius 1 is 0.600 bits per heavy atom. The third-order valence-corrected chi connectivity index (χ3v) is 6.35. The van der Waals surface area contributed by atoms with Crippen LogP contribution in [0.2, 0.25) is 0 Å². The predicted molar refractivity (Wildman–Crippen MR) is 126 cm³/mol. The van der Waals surface area contributed by atoms with Crippen molar-refractivity contribution in [2.45, 2.75) is 59.3 Å². The zero-order chi connectivity index (χ0) is 21.4. The third-order valence-electron chi connectivity index (χ3n) is 6.35. The normalized spacial score (nSPS) is 14.3. The standard InChI is InChI=1S/C27H29BO2/c1-16-12-23-25-24(13-16)30-22-11-9-18(27(5,6)7)15-20(22)28(25)19-14-17(26(2,3)4)8-10-21(19)29-23/h8-15H,1-7H3. The van der Waals surface area contributed by atoms with E-state index in [-0.39, 0.29) is 17.5 Å². The molecule has 2 nitrogen and oxygen atoms in total. The Balaban J connectivity index is 1.80. The van der Waals surface area contributed by atoms with Gasteiger partial charge in [0.2, 0.25) is 0 Å². The average molecular weight is 396 g/mol. The van der Waals surface area contributed by atoms with Crippen LogP contribution in [0.1, 0.15) is 58.2 Å². The summed E-state index contributed by atoms with van der Waals surface area (Å²) >= 11 is 0. The third kappa shape index (κ3) is 2.95. The van der Waals surface area contributed by atoms with Gasteiger partial charge in [0.1, 0.15) is 23.0 Å². The molecule has 0 aliphatic carbocycles. The maximum absolute atomic E-state index is 6.41. The molecule has 0 N–H and O–H groups in total. The van der Waals surface area contributed by atoms with Crippen LogP contribution in [0.25, 0.3) is 0 Å². The zero-order valence-corrected chi connectivity index (χ0v) is 19.0. The fourth-order valence-corrected chi connectivity index (χ4v) is 4.57. The molecule has 2 heterocycles. The Kier molecular flexibility index (Phi) is 3.97. The van der Waals surface area contributed by atoms with Gasteiger partial charge in [-0.25, -0.2) is 0 Å². The van der Waals surface area contributed by atoms with Gasteiger partial charge in [-0.1, -0.05) is 65.8 Å². The number of fused-ring (bicyclic) bond motifs is 4. The van der Waals surface area contributed by atoms with Crippen molar-refractivity contribution >= 4 is 23.1 Å². The molecular formula is C27H29BO2. The number of ether oxygens (including phenoxy) is 2. The quantitative estimate of drug-likeness (QED) is 0.330. The SMILES string of the molecule is Cc1cc2c3c(c1)Oc1ccc(C(C)(C)C)cc1B3c1cc(C(C)(C)C)ccc1O2. The first-order valence-corrected chi connectivity index (χ1v) is 10.8. The molecule has 0 saturated heterocycles. The minimum Gasteiger partial charge on any atom is -0.458 e. The molecule has 30 heavy (non-hydrogen) atoms. The molecule has 0 saturated carbocycles. The molecule has 2 aliphatic heterocycles. The Morgan fingerprint density at radius 3 is 1.43 bits per heavy atom. The first-order valence-electron chi connectivity index (χ1n) is 10.8. The molecule has 0 spiro atoms. The topological polar surface area (TPSA) is 18.5 Å². The summed E-state index contributed by atoms with van der Waals surface area (Å²) in [5.74, 6) is 3.73. The lowest BCUT2D eigenvalue weighted by atomic mass is 9.34. The van der Waals surface area contributed by atoms with E-state index in [4.69, 9.17) is 9.47 Å². The highest BCUT2D eigenvalue weighted by molar-refractivity contribution is 6.98. The largest absolute Gasteiger partial charge is 0.458 e. The van der Waals surface area contributed by atoms with E-state index in [9.17, 15) is 0 Å². The molecule has 0 atom stereocenters. The molecule has 0 radical (unpaired) electrons. The van der Waals surface area contributed by atoms with Crippen LogP contribution in [0, 0.1) is 6.92 Å². The second-order valence-corrected chi connectivity index (χ2v) is 10.8. The van der Waals surface area contributed by atoms with Gasteiger partial charge in [-0.2, -0.15) is 0 Å². The van der Waals surface area contributed by atoms with Gasteiger partial charge in [-0.15, -0.1) is 0 Å². The molecule has 5 rings (SSSR count). The van der Waals surface area contributed by atoms with Crippen molar-refractivity contribution in [3.63, 3.8) is 0 Å². The van der Waals surface area contributed by atoms with Gasteiger partial charge < -0.3 is 9.47 Å². The fourth-order valence-electron chi connectivity index (χ4n) is 4.57. The van der Waals surface area contributed by atoms with E-state index in [2.05, 4.69) is 97.0 Å². The van der Waals surface area contributed by atoms with E-state index in [1.54, 1.807) is 0 Å². The highest BCUT2D eigenvalue weighted by Crippen LogP contribution is 2.37. The molecule has 0 aromatic heterocycles. The molecule has 3 aromatic rings. The van der Waals surface area contributed by atoms with Crippen molar-refractivity contribution in [1.82, 2.24) is 0 Å². The van der Waals surface area contributed by atoms with E-state index in [0.717, 1.165) is 34.0 Å². The minimum absolute atomic E-state index is 0.0761. The summed E-state index contributed by atoms with van der Waals surface area (Å²) in [6, 6.07) is 17.6. The lowest BCUT2D eigenvalue weighted by Crippen LogP contribution is -2.57. The monoisotopic (exact) mass is 396 g/mol. The maximum atomic E-state index is 6.41. The van der Waals surface area contributed by atoms with Crippen LogP contribution in [0.5, 0.6) is 23.0 Å². The van der Waals surface area contributed by atoms with Crippen LogP contribution in [-0.4, -0.2) is 6.71 Å². The Morgan fingerprint density at radius 2 is 1.03 bits per heavy atom. The molecule has 0 fully saturated rings. The molecule has 3 heteroatoms. The van der Waals surface area contributed by atoms with Crippen LogP contribution in [0.3, 0.4) is 0 Å². The highest BCUT2D eigenvalue weighted by Gasteiger charge is 2.41. The number of hydrogen-bond donors (Lipinski definition) is 0. The molecule has 3 aromatic carbocycles. The Bertz CT molecular complexity index is 1090. The van der Waals surface area contributed by atoms with E-state index < -0.39 is 0 Å². The Labute approximate surface area is 180 Å². The summed E-state index contributed by atoms with van der Waals surface area (Å²) in [5.41, 5.74) is 7.55. The van der Waals surface area contributed by atoms with Crippen molar-refractivity contribution in [2.75, 3.05) is 0 Å². The van der Waals surface area contributed by atoms with Crippen LogP contribution in [0.15, 0.2) is 48.5 Å². The number of aryl methyl sites for hydroxylation is 1. The summed E-state index contributed by atoms with van der Waals surface area (Å²) in [6.07, 6.45) is 0. The summed E-state index contributed by atoms with van der Waals surface area (Å²) in [7, 11) is 0. The van der Waals surface area contributed by atoms with Crippen LogP contribution in [-0.2, 0) is 10.8 Å². The average Bonchev–Trinajstić information content (AvgIpc) is 2.65. The van der Waals surface area contributed by atoms with Crippen LogP contribution < -0.4 is 25.9 Å². The predicted octanol–water partition coefficient (Wildman–Crippen LogP) is 5.32. The molecule has 0 amide bonds. The van der Waals surface area contributed by atoms with E-state index >= 15 is 0 Å². The molecule has 2 aliphatic rings. The summed E-state index contributed by atoms with van der Waals surface area (Å²) < 4.78 is 12.8. The Hall–Kier alpha value is -2.68. The van der Waals surface area contributed by atoms with Crippen molar-refractivity contribution in [3.8, 4) is 23.0 Å². The van der Waals surface area contributed by atoms with Crippen molar-refractivity contribution in [3.05, 3.63) is 65.2 Å². The van der Waals surface area contributed by atoms with Gasteiger partial charge in [-0.3, -0.25) is 0 Å². The lowest BCUT2D eigenvalue weighted by Gasteiger charge is -2.35. The molecule has 0 unspecified atom stereocenters. The smallest absolute Gasteiger partial charge is 0.260 e. The lowest BCUT2D eigenvalue weighted by molar-refractivity contribution is 0.463. The van der Waals surface area contributed by atoms with Crippen LogP contribution >= 0.6 is 0 Å². The van der Waals surface area contributed by atoms with Crippen molar-refractivity contribution in [2.24, 2.45) is 0 Å². The highest BCUT2D eigenvalue weighted by atomic mass is 16.5. The maximum Gasteiger partial charge on any atom is 0.260 e. The molecule has 0 bridgehead atoms. The van der Waals surface area contributed by atoms with Gasteiger partial charge in [0.15, 0.2) is 0 Å². The van der Waals surface area contributed by atoms with Gasteiger partial charge >= 0.3 is 0 Å². The van der Waals surface area contributed by atoms with Gasteiger partial charge in [0, 0.05) is 5.46 Å². The molecule has 152 valence electrons.